The molecule has 1 aliphatic carbocycles. The van der Waals surface area contributed by atoms with E-state index in [4.69, 9.17) is 0 Å². The molecule has 0 N–H and O–H groups in total. The highest BCUT2D eigenvalue weighted by atomic mass is 14.2. The number of allylic oxidation sites excluding steroid dienone is 6. The van der Waals surface area contributed by atoms with Crippen molar-refractivity contribution in [1.82, 2.24) is 0 Å². The standard InChI is InChI=1S/C11H14/c1-4-11(3)8-5-6-10(2)7-9-11/h4-5,7-9H,1-2,6H2,3H3. The third kappa shape index (κ3) is 1.94. The van der Waals surface area contributed by atoms with Crippen LogP contribution in [0.15, 0.2) is 49.1 Å². The molecule has 0 aromatic carbocycles. The fourth-order valence-corrected chi connectivity index (χ4v) is 1.02. The highest BCUT2D eigenvalue weighted by Crippen LogP contribution is 2.25. The van der Waals surface area contributed by atoms with Gasteiger partial charge in [-0.15, -0.1) is 6.58 Å². The summed E-state index contributed by atoms with van der Waals surface area (Å²) in [6.45, 7) is 9.82. The Morgan fingerprint density at radius 1 is 1.55 bits per heavy atom. The van der Waals surface area contributed by atoms with Crippen LogP contribution in [0, 0.1) is 5.41 Å². The molecule has 0 aromatic heterocycles. The summed E-state index contributed by atoms with van der Waals surface area (Å²) in [5, 5.41) is 0. The van der Waals surface area contributed by atoms with Crippen molar-refractivity contribution in [3.63, 3.8) is 0 Å². The third-order valence-electron chi connectivity index (χ3n) is 1.97. The fourth-order valence-electron chi connectivity index (χ4n) is 1.02. The predicted molar refractivity (Wildman–Crippen MR) is 50.3 cm³/mol. The van der Waals surface area contributed by atoms with E-state index in [1.54, 1.807) is 0 Å². The van der Waals surface area contributed by atoms with Gasteiger partial charge in [-0.2, -0.15) is 0 Å². The normalized spacial score (nSPS) is 30.1. The molecule has 11 heavy (non-hydrogen) atoms. The van der Waals surface area contributed by atoms with Crippen molar-refractivity contribution >= 4 is 0 Å². The van der Waals surface area contributed by atoms with Crippen LogP contribution in [-0.4, -0.2) is 0 Å². The number of hydrogen-bond donors (Lipinski definition) is 0. The molecule has 0 spiro atoms. The van der Waals surface area contributed by atoms with Crippen molar-refractivity contribution in [1.29, 1.82) is 0 Å². The van der Waals surface area contributed by atoms with Gasteiger partial charge in [-0.3, -0.25) is 0 Å². The zero-order chi connectivity index (χ0) is 8.32. The van der Waals surface area contributed by atoms with Gasteiger partial charge in [0.1, 0.15) is 0 Å². The topological polar surface area (TPSA) is 0 Å². The van der Waals surface area contributed by atoms with Crippen molar-refractivity contribution in [2.24, 2.45) is 5.41 Å². The summed E-state index contributed by atoms with van der Waals surface area (Å²) in [5.74, 6) is 0. The minimum absolute atomic E-state index is 0.0272. The van der Waals surface area contributed by atoms with Crippen molar-refractivity contribution in [3.05, 3.63) is 49.1 Å². The quantitative estimate of drug-likeness (QED) is 0.498. The predicted octanol–water partition coefficient (Wildman–Crippen LogP) is 3.25. The van der Waals surface area contributed by atoms with E-state index in [9.17, 15) is 0 Å². The Labute approximate surface area is 68.6 Å². The Hall–Kier alpha value is -1.04. The molecule has 0 heteroatoms. The molecule has 0 aliphatic heterocycles. The summed E-state index contributed by atoms with van der Waals surface area (Å²) in [6, 6.07) is 0. The molecule has 0 bridgehead atoms. The van der Waals surface area contributed by atoms with Crippen LogP contribution in [0.3, 0.4) is 0 Å². The largest absolute Gasteiger partial charge is 0.102 e. The number of hydrogen-bond acceptors (Lipinski definition) is 0. The molecule has 1 aliphatic rings. The lowest BCUT2D eigenvalue weighted by Gasteiger charge is -2.14. The van der Waals surface area contributed by atoms with Gasteiger partial charge >= 0.3 is 0 Å². The molecule has 0 saturated carbocycles. The Kier molecular flexibility index (Phi) is 2.13. The van der Waals surface area contributed by atoms with Gasteiger partial charge in [-0.05, 0) is 13.3 Å². The second-order valence-corrected chi connectivity index (χ2v) is 3.17. The summed E-state index contributed by atoms with van der Waals surface area (Å²) in [7, 11) is 0. The minimum Gasteiger partial charge on any atom is -0.102 e. The highest BCUT2D eigenvalue weighted by Gasteiger charge is 2.12. The first-order valence-corrected chi connectivity index (χ1v) is 3.84. The molecular formula is C11H14. The third-order valence-corrected chi connectivity index (χ3v) is 1.97. The minimum atomic E-state index is 0.0272. The lowest BCUT2D eigenvalue weighted by atomic mass is 9.91. The monoisotopic (exact) mass is 146 g/mol. The van der Waals surface area contributed by atoms with E-state index in [0.717, 1.165) is 12.0 Å². The summed E-state index contributed by atoms with van der Waals surface area (Å²) >= 11 is 0. The summed E-state index contributed by atoms with van der Waals surface area (Å²) < 4.78 is 0. The van der Waals surface area contributed by atoms with Gasteiger partial charge in [0.05, 0.1) is 0 Å². The molecule has 0 nitrogen and oxygen atoms in total. The van der Waals surface area contributed by atoms with Crippen molar-refractivity contribution in [2.75, 3.05) is 0 Å². The average Bonchev–Trinajstić information content (AvgIpc) is 2.15. The van der Waals surface area contributed by atoms with Crippen LogP contribution in [0.4, 0.5) is 0 Å². The lowest BCUT2D eigenvalue weighted by molar-refractivity contribution is 0.720. The van der Waals surface area contributed by atoms with Gasteiger partial charge in [0.2, 0.25) is 0 Å². The zero-order valence-electron chi connectivity index (χ0n) is 7.01. The van der Waals surface area contributed by atoms with E-state index in [-0.39, 0.29) is 5.41 Å². The molecule has 0 fully saturated rings. The van der Waals surface area contributed by atoms with Gasteiger partial charge in [0, 0.05) is 5.41 Å². The van der Waals surface area contributed by atoms with Crippen LogP contribution < -0.4 is 0 Å². The molecule has 0 radical (unpaired) electrons. The Balaban J connectivity index is 2.93. The summed E-state index contributed by atoms with van der Waals surface area (Å²) in [4.78, 5) is 0. The molecule has 0 aromatic rings. The van der Waals surface area contributed by atoms with Crippen LogP contribution in [0.1, 0.15) is 13.3 Å². The van der Waals surface area contributed by atoms with E-state index in [1.165, 1.54) is 0 Å². The first kappa shape index (κ1) is 8.06. The fraction of sp³-hybridized carbons (Fsp3) is 0.273. The smallest absolute Gasteiger partial charge is 0.0214 e. The van der Waals surface area contributed by atoms with E-state index in [1.807, 2.05) is 6.08 Å². The van der Waals surface area contributed by atoms with Gasteiger partial charge < -0.3 is 0 Å². The first-order chi connectivity index (χ1) is 5.16. The summed E-state index contributed by atoms with van der Waals surface area (Å²) in [5.41, 5.74) is 1.19. The van der Waals surface area contributed by atoms with Crippen LogP contribution >= 0.6 is 0 Å². The van der Waals surface area contributed by atoms with E-state index in [0.29, 0.717) is 0 Å². The maximum Gasteiger partial charge on any atom is 0.0214 e. The summed E-state index contributed by atoms with van der Waals surface area (Å²) in [6.07, 6.45) is 11.4. The van der Waals surface area contributed by atoms with E-state index >= 15 is 0 Å². The molecule has 0 saturated heterocycles. The molecular weight excluding hydrogens is 132 g/mol. The van der Waals surface area contributed by atoms with Crippen molar-refractivity contribution < 1.29 is 0 Å². The van der Waals surface area contributed by atoms with Crippen molar-refractivity contribution in [2.45, 2.75) is 13.3 Å². The Morgan fingerprint density at radius 2 is 2.27 bits per heavy atom. The lowest BCUT2D eigenvalue weighted by Crippen LogP contribution is -2.02. The Bertz CT molecular complexity index is 230. The second-order valence-electron chi connectivity index (χ2n) is 3.17. The van der Waals surface area contributed by atoms with E-state index in [2.05, 4.69) is 44.4 Å². The molecule has 1 unspecified atom stereocenters. The first-order valence-electron chi connectivity index (χ1n) is 3.84. The second kappa shape index (κ2) is 2.91. The molecule has 0 amide bonds. The molecule has 58 valence electrons. The van der Waals surface area contributed by atoms with Crippen LogP contribution in [0.5, 0.6) is 0 Å². The SMILES string of the molecule is C=CC1(C)C=CCC(=C)C=C1. The maximum absolute atomic E-state index is 3.90. The molecule has 1 atom stereocenters. The molecule has 1 rings (SSSR count). The van der Waals surface area contributed by atoms with Crippen molar-refractivity contribution in [3.8, 4) is 0 Å². The van der Waals surface area contributed by atoms with Gasteiger partial charge in [-0.1, -0.05) is 42.5 Å². The number of rotatable bonds is 1. The molecule has 0 heterocycles. The van der Waals surface area contributed by atoms with Gasteiger partial charge in [0.25, 0.3) is 0 Å². The maximum atomic E-state index is 3.90. The van der Waals surface area contributed by atoms with E-state index < -0.39 is 0 Å². The van der Waals surface area contributed by atoms with Crippen LogP contribution in [0.2, 0.25) is 0 Å². The van der Waals surface area contributed by atoms with Gasteiger partial charge in [0.15, 0.2) is 0 Å². The zero-order valence-corrected chi connectivity index (χ0v) is 7.01. The highest BCUT2D eigenvalue weighted by molar-refractivity contribution is 5.29. The van der Waals surface area contributed by atoms with Crippen LogP contribution in [0.25, 0.3) is 0 Å². The Morgan fingerprint density at radius 3 is 2.91 bits per heavy atom. The van der Waals surface area contributed by atoms with Crippen LogP contribution in [-0.2, 0) is 0 Å². The van der Waals surface area contributed by atoms with Gasteiger partial charge in [-0.25, -0.2) is 0 Å². The average molecular weight is 146 g/mol.